The normalized spacial score (nSPS) is 10.9. The molecule has 0 amide bonds. The molecule has 4 nitrogen and oxygen atoms in total. The number of ether oxygens (including phenoxy) is 2. The van der Waals surface area contributed by atoms with Gasteiger partial charge in [0.25, 0.3) is 0 Å². The van der Waals surface area contributed by atoms with Crippen LogP contribution in [-0.2, 0) is 4.74 Å². The average Bonchev–Trinajstić information content (AvgIpc) is 2.45. The number of hydrogen-bond donors (Lipinski definition) is 0. The molecule has 0 bridgehead atoms. The molecule has 2 rings (SSSR count). The van der Waals surface area contributed by atoms with Crippen LogP contribution in [0.15, 0.2) is 18.2 Å². The second-order valence-electron chi connectivity index (χ2n) is 5.00. The van der Waals surface area contributed by atoms with Gasteiger partial charge in [-0.25, -0.2) is 9.78 Å². The lowest BCUT2D eigenvalue weighted by molar-refractivity contribution is 0.0598. The van der Waals surface area contributed by atoms with Gasteiger partial charge in [-0.3, -0.25) is 0 Å². The summed E-state index contributed by atoms with van der Waals surface area (Å²) in [6.45, 7) is 5.94. The maximum Gasteiger partial charge on any atom is 0.340 e. The number of benzene rings is 1. The van der Waals surface area contributed by atoms with Crippen LogP contribution < -0.4 is 4.74 Å². The fourth-order valence-electron chi connectivity index (χ4n) is 2.39. The Kier molecular flexibility index (Phi) is 3.93. The number of rotatable bonds is 3. The summed E-state index contributed by atoms with van der Waals surface area (Å²) in [6, 6.07) is 5.71. The standard InChI is InChI=1S/C16H19NO3/c1-9(2)14-13(16(18)20-5)10(3)11-7-6-8-12(19-4)15(11)17-14/h6-9H,1-5H3. The quantitative estimate of drug-likeness (QED) is 0.803. The molecule has 1 heterocycles. The van der Waals surface area contributed by atoms with E-state index in [9.17, 15) is 4.79 Å². The van der Waals surface area contributed by atoms with Gasteiger partial charge in [0.2, 0.25) is 0 Å². The molecule has 0 fully saturated rings. The van der Waals surface area contributed by atoms with E-state index in [1.165, 1.54) is 7.11 Å². The predicted molar refractivity (Wildman–Crippen MR) is 78.5 cm³/mol. The maximum atomic E-state index is 12.1. The average molecular weight is 273 g/mol. The summed E-state index contributed by atoms with van der Waals surface area (Å²) in [6.07, 6.45) is 0. The lowest BCUT2D eigenvalue weighted by atomic mass is 9.96. The summed E-state index contributed by atoms with van der Waals surface area (Å²) in [7, 11) is 3.01. The summed E-state index contributed by atoms with van der Waals surface area (Å²) in [4.78, 5) is 16.7. The topological polar surface area (TPSA) is 48.4 Å². The van der Waals surface area contributed by atoms with Crippen molar-refractivity contribution in [2.45, 2.75) is 26.7 Å². The van der Waals surface area contributed by atoms with Crippen molar-refractivity contribution in [3.05, 3.63) is 35.0 Å². The van der Waals surface area contributed by atoms with Crippen LogP contribution >= 0.6 is 0 Å². The number of carbonyl (C=O) groups excluding carboxylic acids is 1. The maximum absolute atomic E-state index is 12.1. The molecular formula is C16H19NO3. The number of methoxy groups -OCH3 is 2. The lowest BCUT2D eigenvalue weighted by Crippen LogP contribution is -2.12. The van der Waals surface area contributed by atoms with E-state index < -0.39 is 0 Å². The first-order chi connectivity index (χ1) is 9.51. The third kappa shape index (κ3) is 2.22. The Morgan fingerprint density at radius 2 is 1.95 bits per heavy atom. The van der Waals surface area contributed by atoms with Gasteiger partial charge in [-0.2, -0.15) is 0 Å². The van der Waals surface area contributed by atoms with Gasteiger partial charge in [-0.1, -0.05) is 26.0 Å². The van der Waals surface area contributed by atoms with E-state index in [1.807, 2.05) is 39.0 Å². The zero-order valence-electron chi connectivity index (χ0n) is 12.5. The molecule has 0 unspecified atom stereocenters. The van der Waals surface area contributed by atoms with Gasteiger partial charge in [0.15, 0.2) is 0 Å². The van der Waals surface area contributed by atoms with Crippen molar-refractivity contribution in [2.75, 3.05) is 14.2 Å². The molecule has 2 aromatic rings. The van der Waals surface area contributed by atoms with Crippen molar-refractivity contribution in [1.29, 1.82) is 0 Å². The van der Waals surface area contributed by atoms with Gasteiger partial charge in [-0.15, -0.1) is 0 Å². The minimum absolute atomic E-state index is 0.122. The molecule has 0 aliphatic heterocycles. The highest BCUT2D eigenvalue weighted by Gasteiger charge is 2.22. The zero-order chi connectivity index (χ0) is 14.9. The molecule has 0 aliphatic rings. The van der Waals surface area contributed by atoms with Crippen molar-refractivity contribution in [3.8, 4) is 5.75 Å². The van der Waals surface area contributed by atoms with Crippen LogP contribution in [0.2, 0.25) is 0 Å². The summed E-state index contributed by atoms with van der Waals surface area (Å²) in [5, 5.41) is 0.911. The number of hydrogen-bond acceptors (Lipinski definition) is 4. The molecule has 0 atom stereocenters. The minimum Gasteiger partial charge on any atom is -0.494 e. The number of esters is 1. The SMILES string of the molecule is COC(=O)c1c(C(C)C)nc2c(OC)cccc2c1C. The fraction of sp³-hybridized carbons (Fsp3) is 0.375. The second-order valence-corrected chi connectivity index (χ2v) is 5.00. The van der Waals surface area contributed by atoms with Gasteiger partial charge in [-0.05, 0) is 24.5 Å². The Labute approximate surface area is 118 Å². The zero-order valence-corrected chi connectivity index (χ0v) is 12.5. The molecule has 4 heteroatoms. The molecular weight excluding hydrogens is 254 g/mol. The van der Waals surface area contributed by atoms with Gasteiger partial charge in [0, 0.05) is 5.39 Å². The van der Waals surface area contributed by atoms with Crippen molar-refractivity contribution < 1.29 is 14.3 Å². The highest BCUT2D eigenvalue weighted by molar-refractivity contribution is 5.99. The van der Waals surface area contributed by atoms with Crippen molar-refractivity contribution in [3.63, 3.8) is 0 Å². The molecule has 0 spiro atoms. The Hall–Kier alpha value is -2.10. The van der Waals surface area contributed by atoms with E-state index >= 15 is 0 Å². The highest BCUT2D eigenvalue weighted by atomic mass is 16.5. The van der Waals surface area contributed by atoms with Gasteiger partial charge >= 0.3 is 5.97 Å². The summed E-state index contributed by atoms with van der Waals surface area (Å²) < 4.78 is 10.3. The fourth-order valence-corrected chi connectivity index (χ4v) is 2.39. The number of pyridine rings is 1. The molecule has 0 N–H and O–H groups in total. The largest absolute Gasteiger partial charge is 0.494 e. The van der Waals surface area contributed by atoms with Crippen LogP contribution in [0.1, 0.15) is 41.4 Å². The van der Waals surface area contributed by atoms with Crippen LogP contribution in [0.5, 0.6) is 5.75 Å². The Balaban J connectivity index is 2.89. The third-order valence-electron chi connectivity index (χ3n) is 3.42. The van der Waals surface area contributed by atoms with Crippen LogP contribution in [0, 0.1) is 6.92 Å². The predicted octanol–water partition coefficient (Wildman–Crippen LogP) is 3.46. The molecule has 0 aliphatic carbocycles. The van der Waals surface area contributed by atoms with E-state index in [0.29, 0.717) is 11.3 Å². The molecule has 0 saturated carbocycles. The van der Waals surface area contributed by atoms with Crippen molar-refractivity contribution in [2.24, 2.45) is 0 Å². The molecule has 1 aromatic heterocycles. The van der Waals surface area contributed by atoms with Crippen molar-refractivity contribution >= 4 is 16.9 Å². The van der Waals surface area contributed by atoms with Gasteiger partial charge in [0.05, 0.1) is 25.5 Å². The summed E-state index contributed by atoms with van der Waals surface area (Å²) >= 11 is 0. The Morgan fingerprint density at radius 3 is 2.50 bits per heavy atom. The molecule has 106 valence electrons. The third-order valence-corrected chi connectivity index (χ3v) is 3.42. The van der Waals surface area contributed by atoms with E-state index in [2.05, 4.69) is 4.98 Å². The number of para-hydroxylation sites is 1. The first kappa shape index (κ1) is 14.3. The number of nitrogens with zero attached hydrogens (tertiary/aromatic N) is 1. The highest BCUT2D eigenvalue weighted by Crippen LogP contribution is 2.32. The van der Waals surface area contributed by atoms with E-state index in [-0.39, 0.29) is 11.9 Å². The van der Waals surface area contributed by atoms with Gasteiger partial charge < -0.3 is 9.47 Å². The first-order valence-electron chi connectivity index (χ1n) is 6.56. The first-order valence-corrected chi connectivity index (χ1v) is 6.56. The molecule has 20 heavy (non-hydrogen) atoms. The molecule has 0 radical (unpaired) electrons. The van der Waals surface area contributed by atoms with Gasteiger partial charge in [0.1, 0.15) is 11.3 Å². The Bertz CT molecular complexity index is 662. The van der Waals surface area contributed by atoms with E-state index in [4.69, 9.17) is 9.47 Å². The van der Waals surface area contributed by atoms with E-state index in [1.54, 1.807) is 7.11 Å². The minimum atomic E-state index is -0.344. The summed E-state index contributed by atoms with van der Waals surface area (Å²) in [5.41, 5.74) is 2.96. The van der Waals surface area contributed by atoms with Crippen LogP contribution in [-0.4, -0.2) is 25.2 Å². The van der Waals surface area contributed by atoms with Crippen molar-refractivity contribution in [1.82, 2.24) is 4.98 Å². The number of aryl methyl sites for hydroxylation is 1. The monoisotopic (exact) mass is 273 g/mol. The Morgan fingerprint density at radius 1 is 1.25 bits per heavy atom. The van der Waals surface area contributed by atoms with Crippen LogP contribution in [0.3, 0.4) is 0 Å². The lowest BCUT2D eigenvalue weighted by Gasteiger charge is -2.16. The van der Waals surface area contributed by atoms with Crippen LogP contribution in [0.4, 0.5) is 0 Å². The number of carbonyl (C=O) groups is 1. The van der Waals surface area contributed by atoms with E-state index in [0.717, 1.165) is 22.2 Å². The second kappa shape index (κ2) is 5.49. The van der Waals surface area contributed by atoms with Crippen LogP contribution in [0.25, 0.3) is 10.9 Å². The number of aromatic nitrogens is 1. The molecule has 1 aromatic carbocycles. The smallest absolute Gasteiger partial charge is 0.340 e. The number of fused-ring (bicyclic) bond motifs is 1. The summed E-state index contributed by atoms with van der Waals surface area (Å²) in [5.74, 6) is 0.490. The molecule has 0 saturated heterocycles.